The Morgan fingerprint density at radius 3 is 0.607 bits per heavy atom. The molecule has 0 fully saturated rings. The van der Waals surface area contributed by atoms with E-state index in [1.54, 1.807) is 0 Å². The van der Waals surface area contributed by atoms with Crippen molar-refractivity contribution >= 4 is 39.5 Å². The second kappa shape index (κ2) is 82.7. The first-order valence-electron chi connectivity index (χ1n) is 47.8. The van der Waals surface area contributed by atoms with Gasteiger partial charge in [-0.15, -0.1) is 0 Å². The van der Waals surface area contributed by atoms with E-state index in [2.05, 4.69) is 48.5 Å². The van der Waals surface area contributed by atoms with Crippen molar-refractivity contribution in [1.29, 1.82) is 0 Å². The number of rotatable bonds is 91. The maximum absolute atomic E-state index is 13.2. The third-order valence-corrected chi connectivity index (χ3v) is 23.8. The van der Waals surface area contributed by atoms with Crippen molar-refractivity contribution in [1.82, 2.24) is 0 Å². The number of ether oxygens (including phenoxy) is 4. The van der Waals surface area contributed by atoms with E-state index in [1.807, 2.05) is 0 Å². The second-order valence-corrected chi connectivity index (χ2v) is 37.7. The third-order valence-electron chi connectivity index (χ3n) is 21.9. The molecule has 2 unspecified atom stereocenters. The zero-order valence-corrected chi connectivity index (χ0v) is 75.9. The lowest BCUT2D eigenvalue weighted by molar-refractivity contribution is -0.161. The van der Waals surface area contributed by atoms with Gasteiger partial charge >= 0.3 is 39.5 Å². The summed E-state index contributed by atoms with van der Waals surface area (Å²) in [7, 11) is -9.94. The van der Waals surface area contributed by atoms with Gasteiger partial charge in [0, 0.05) is 25.7 Å². The largest absolute Gasteiger partial charge is 0.472 e. The van der Waals surface area contributed by atoms with Crippen LogP contribution >= 0.6 is 15.6 Å². The molecule has 0 aromatic rings. The minimum atomic E-state index is -4.97. The van der Waals surface area contributed by atoms with Crippen LogP contribution in [0, 0.1) is 17.8 Å². The summed E-state index contributed by atoms with van der Waals surface area (Å²) in [6.07, 6.45) is 76.5. The number of aliphatic hydroxyl groups is 1. The molecule has 112 heavy (non-hydrogen) atoms. The Labute approximate surface area is 689 Å². The van der Waals surface area contributed by atoms with Crippen molar-refractivity contribution in [3.63, 3.8) is 0 Å². The van der Waals surface area contributed by atoms with E-state index in [4.69, 9.17) is 37.0 Å². The highest BCUT2D eigenvalue weighted by Gasteiger charge is 2.31. The van der Waals surface area contributed by atoms with Crippen LogP contribution in [0.3, 0.4) is 0 Å². The Bertz CT molecular complexity index is 2150. The van der Waals surface area contributed by atoms with Crippen molar-refractivity contribution in [3.05, 3.63) is 0 Å². The van der Waals surface area contributed by atoms with Crippen LogP contribution in [0.15, 0.2) is 0 Å². The molecule has 0 saturated heterocycles. The standard InChI is InChI=1S/C93H182O17P2/c1-8-9-10-11-12-13-14-15-16-17-18-19-20-21-22-30-35-40-47-55-62-69-76-92(97)109-88(80-103-90(95)74-67-60-53-46-39-34-29-25-23-27-32-37-43-50-57-64-71-84(2)3)82-107-111(99,100)105-78-87(94)79-106-112(101,102)108-83-89(81-104-91(96)75-68-61-54-49-42-45-52-59-66-73-86(6)7)110-93(98)77-70-63-56-48-41-36-31-26-24-28-33-38-44-51-58-65-72-85(4)5/h84-89,94H,8-83H2,1-7H3,(H,99,100)(H,101,102)/t87-,88-,89-/m1/s1. The molecule has 5 atom stereocenters. The lowest BCUT2D eigenvalue weighted by Crippen LogP contribution is -2.30. The van der Waals surface area contributed by atoms with E-state index in [9.17, 15) is 43.2 Å². The van der Waals surface area contributed by atoms with Gasteiger partial charge in [-0.2, -0.15) is 0 Å². The van der Waals surface area contributed by atoms with Crippen LogP contribution in [-0.2, 0) is 65.4 Å². The first kappa shape index (κ1) is 110. The Kier molecular flexibility index (Phi) is 81.3. The zero-order chi connectivity index (χ0) is 82.2. The van der Waals surface area contributed by atoms with Gasteiger partial charge in [0.05, 0.1) is 26.4 Å². The minimum Gasteiger partial charge on any atom is -0.462 e. The molecule has 0 spiro atoms. The van der Waals surface area contributed by atoms with Crippen LogP contribution in [0.4, 0.5) is 0 Å². The van der Waals surface area contributed by atoms with Gasteiger partial charge in [-0.1, -0.05) is 447 Å². The summed E-state index contributed by atoms with van der Waals surface area (Å²) in [4.78, 5) is 73.5. The van der Waals surface area contributed by atoms with Crippen LogP contribution in [-0.4, -0.2) is 96.7 Å². The van der Waals surface area contributed by atoms with Gasteiger partial charge < -0.3 is 33.8 Å². The monoisotopic (exact) mass is 1630 g/mol. The summed E-state index contributed by atoms with van der Waals surface area (Å²) in [6.45, 7) is 12.1. The predicted molar refractivity (Wildman–Crippen MR) is 465 cm³/mol. The lowest BCUT2D eigenvalue weighted by Gasteiger charge is -2.21. The molecule has 0 aromatic heterocycles. The summed E-state index contributed by atoms with van der Waals surface area (Å²) in [5, 5.41) is 10.7. The summed E-state index contributed by atoms with van der Waals surface area (Å²) in [5.74, 6) is 0.269. The van der Waals surface area contributed by atoms with E-state index in [0.29, 0.717) is 25.7 Å². The quantitative estimate of drug-likeness (QED) is 0.0222. The summed E-state index contributed by atoms with van der Waals surface area (Å²) in [5.41, 5.74) is 0. The minimum absolute atomic E-state index is 0.108. The topological polar surface area (TPSA) is 237 Å². The van der Waals surface area contributed by atoms with Gasteiger partial charge in [-0.05, 0) is 43.4 Å². The molecule has 0 aliphatic rings. The fourth-order valence-electron chi connectivity index (χ4n) is 14.6. The number of aliphatic hydroxyl groups excluding tert-OH is 1. The van der Waals surface area contributed by atoms with Crippen LogP contribution in [0.2, 0.25) is 0 Å². The first-order chi connectivity index (χ1) is 54.2. The number of hydrogen-bond acceptors (Lipinski definition) is 15. The number of carbonyl (C=O) groups excluding carboxylic acids is 4. The first-order valence-corrected chi connectivity index (χ1v) is 50.8. The maximum Gasteiger partial charge on any atom is 0.472 e. The lowest BCUT2D eigenvalue weighted by atomic mass is 10.0. The fraction of sp³-hybridized carbons (Fsp3) is 0.957. The molecule has 666 valence electrons. The zero-order valence-electron chi connectivity index (χ0n) is 74.2. The molecule has 0 saturated carbocycles. The van der Waals surface area contributed by atoms with Crippen molar-refractivity contribution in [2.24, 2.45) is 17.8 Å². The molecular formula is C93H182O17P2. The predicted octanol–water partition coefficient (Wildman–Crippen LogP) is 28.8. The second-order valence-electron chi connectivity index (χ2n) is 34.8. The smallest absolute Gasteiger partial charge is 0.462 e. The van der Waals surface area contributed by atoms with Gasteiger partial charge in [-0.3, -0.25) is 37.3 Å². The number of esters is 4. The molecule has 0 amide bonds. The van der Waals surface area contributed by atoms with Crippen molar-refractivity contribution in [3.8, 4) is 0 Å². The van der Waals surface area contributed by atoms with E-state index in [-0.39, 0.29) is 25.7 Å². The molecule has 0 rings (SSSR count). The summed E-state index contributed by atoms with van der Waals surface area (Å²) >= 11 is 0. The van der Waals surface area contributed by atoms with Crippen LogP contribution < -0.4 is 0 Å². The van der Waals surface area contributed by atoms with Gasteiger partial charge in [0.15, 0.2) is 12.2 Å². The van der Waals surface area contributed by atoms with Gasteiger partial charge in [0.1, 0.15) is 19.3 Å². The third kappa shape index (κ3) is 85.9. The summed E-state index contributed by atoms with van der Waals surface area (Å²) < 4.78 is 69.1. The average Bonchev–Trinajstić information content (AvgIpc) is 0.897. The Morgan fingerprint density at radius 2 is 0.411 bits per heavy atom. The number of hydrogen-bond donors (Lipinski definition) is 3. The molecular weight excluding hydrogens is 1450 g/mol. The highest BCUT2D eigenvalue weighted by atomic mass is 31.2. The maximum atomic E-state index is 13.2. The Hall–Kier alpha value is -1.94. The van der Waals surface area contributed by atoms with Gasteiger partial charge in [0.2, 0.25) is 0 Å². The molecule has 0 aromatic carbocycles. The van der Waals surface area contributed by atoms with Crippen LogP contribution in [0.1, 0.15) is 498 Å². The molecule has 3 N–H and O–H groups in total. The molecule has 0 radical (unpaired) electrons. The van der Waals surface area contributed by atoms with Crippen LogP contribution in [0.5, 0.6) is 0 Å². The molecule has 17 nitrogen and oxygen atoms in total. The Balaban J connectivity index is 5.24. The number of carbonyl (C=O) groups is 4. The highest BCUT2D eigenvalue weighted by molar-refractivity contribution is 7.47. The average molecular weight is 1630 g/mol. The molecule has 0 bridgehead atoms. The van der Waals surface area contributed by atoms with E-state index in [1.165, 1.54) is 308 Å². The van der Waals surface area contributed by atoms with Gasteiger partial charge in [0.25, 0.3) is 0 Å². The van der Waals surface area contributed by atoms with E-state index >= 15 is 0 Å². The molecule has 0 aliphatic heterocycles. The van der Waals surface area contributed by atoms with Crippen molar-refractivity contribution < 1.29 is 80.2 Å². The Morgan fingerprint density at radius 1 is 0.241 bits per heavy atom. The van der Waals surface area contributed by atoms with E-state index in [0.717, 1.165) is 108 Å². The molecule has 0 aliphatic carbocycles. The van der Waals surface area contributed by atoms with Crippen molar-refractivity contribution in [2.45, 2.75) is 516 Å². The highest BCUT2D eigenvalue weighted by Crippen LogP contribution is 2.45. The fourth-order valence-corrected chi connectivity index (χ4v) is 16.2. The summed E-state index contributed by atoms with van der Waals surface area (Å²) in [6, 6.07) is 0. The van der Waals surface area contributed by atoms with Gasteiger partial charge in [-0.25, -0.2) is 9.13 Å². The van der Waals surface area contributed by atoms with Crippen LogP contribution in [0.25, 0.3) is 0 Å². The number of phosphoric ester groups is 2. The normalized spacial score (nSPS) is 13.8. The number of unbranched alkanes of at least 4 members (excludes halogenated alkanes) is 59. The van der Waals surface area contributed by atoms with E-state index < -0.39 is 97.5 Å². The molecule has 19 heteroatoms. The SMILES string of the molecule is CCCCCCCCCCCCCCCCCCCCCCCCC(=O)O[C@H](COC(=O)CCCCCCCCCCCCCCCCCCC(C)C)COP(=O)(O)OC[C@@H](O)COP(=O)(O)OC[C@@H](COC(=O)CCCCCCCCCCCC(C)C)OC(=O)CCCCCCCCCCCCCCCCCCC(C)C. The number of phosphoric acid groups is 2. The van der Waals surface area contributed by atoms with Crippen molar-refractivity contribution in [2.75, 3.05) is 39.6 Å². The molecule has 0 heterocycles.